The average Bonchev–Trinajstić information content (AvgIpc) is 3.23. The number of esters is 1. The Morgan fingerprint density at radius 2 is 1.74 bits per heavy atom. The summed E-state index contributed by atoms with van der Waals surface area (Å²) in [6.07, 6.45) is -0.746. The largest absolute Gasteiger partial charge is 0.454 e. The highest BCUT2D eigenvalue weighted by Crippen LogP contribution is 2.34. The Kier molecular flexibility index (Phi) is 7.31. The molecule has 0 saturated carbocycles. The Balaban J connectivity index is 1.46. The maximum Gasteiger partial charge on any atom is 0.408 e. The molecule has 0 bridgehead atoms. The fourth-order valence-corrected chi connectivity index (χ4v) is 2.79. The van der Waals surface area contributed by atoms with E-state index in [9.17, 15) is 14.4 Å². The van der Waals surface area contributed by atoms with Crippen molar-refractivity contribution in [2.45, 2.75) is 26.5 Å². The summed E-state index contributed by atoms with van der Waals surface area (Å²) in [6, 6.07) is 13.1. The smallest absolute Gasteiger partial charge is 0.408 e. The minimum Gasteiger partial charge on any atom is -0.454 e. The summed E-state index contributed by atoms with van der Waals surface area (Å²) in [5, 5.41) is 5.10. The molecule has 0 aromatic heterocycles. The van der Waals surface area contributed by atoms with Gasteiger partial charge < -0.3 is 29.6 Å². The molecule has 0 aliphatic carbocycles. The predicted molar refractivity (Wildman–Crippen MR) is 111 cm³/mol. The molecule has 0 radical (unpaired) electrons. The Labute approximate surface area is 179 Å². The molecule has 9 nitrogen and oxygen atoms in total. The maximum atomic E-state index is 12.4. The lowest BCUT2D eigenvalue weighted by Crippen LogP contribution is -2.46. The molecular formula is C22H24N2O7. The fourth-order valence-electron chi connectivity index (χ4n) is 2.79. The fraction of sp³-hybridized carbons (Fsp3) is 0.318. The third kappa shape index (κ3) is 6.36. The Hall–Kier alpha value is -3.75. The number of nitrogens with one attached hydrogen (secondary N) is 2. The summed E-state index contributed by atoms with van der Waals surface area (Å²) in [5.41, 5.74) is 1.30. The molecule has 1 heterocycles. The van der Waals surface area contributed by atoms with E-state index in [4.69, 9.17) is 18.9 Å². The van der Waals surface area contributed by atoms with E-state index in [0.717, 1.165) is 5.56 Å². The van der Waals surface area contributed by atoms with Gasteiger partial charge >= 0.3 is 12.1 Å². The van der Waals surface area contributed by atoms with Crippen molar-refractivity contribution in [3.63, 3.8) is 0 Å². The standard InChI is InChI=1S/C22H24N2O7/c1-14(2)20(24-22(27)29-11-15-6-4-3-5-7-15)21(26)28-12-19(25)23-16-8-9-17-18(10-16)31-13-30-17/h3-10,14,20H,11-13H2,1-2H3,(H,23,25)(H,24,27). The molecule has 1 aliphatic heterocycles. The number of rotatable bonds is 8. The molecular weight excluding hydrogens is 404 g/mol. The van der Waals surface area contributed by atoms with Crippen LogP contribution in [-0.4, -0.2) is 37.4 Å². The second-order valence-electron chi connectivity index (χ2n) is 7.15. The van der Waals surface area contributed by atoms with Gasteiger partial charge in [-0.1, -0.05) is 44.2 Å². The molecule has 2 aromatic carbocycles. The quantitative estimate of drug-likeness (QED) is 0.622. The first kappa shape index (κ1) is 21.9. The number of hydrogen-bond acceptors (Lipinski definition) is 7. The van der Waals surface area contributed by atoms with Gasteiger partial charge in [0.2, 0.25) is 6.79 Å². The summed E-state index contributed by atoms with van der Waals surface area (Å²) in [5.74, 6) is -0.412. The van der Waals surface area contributed by atoms with Crippen LogP contribution in [-0.2, 0) is 25.7 Å². The van der Waals surface area contributed by atoms with Crippen LogP contribution >= 0.6 is 0 Å². The molecule has 1 aliphatic rings. The SMILES string of the molecule is CC(C)C(NC(=O)OCc1ccccc1)C(=O)OCC(=O)Nc1ccc2c(c1)OCO2. The van der Waals surface area contributed by atoms with E-state index < -0.39 is 30.6 Å². The highest BCUT2D eigenvalue weighted by Gasteiger charge is 2.27. The van der Waals surface area contributed by atoms with Crippen LogP contribution in [0.15, 0.2) is 48.5 Å². The number of carbonyl (C=O) groups is 3. The topological polar surface area (TPSA) is 112 Å². The third-order valence-corrected chi connectivity index (χ3v) is 4.41. The monoisotopic (exact) mass is 428 g/mol. The van der Waals surface area contributed by atoms with E-state index in [2.05, 4.69) is 10.6 Å². The van der Waals surface area contributed by atoms with Gasteiger partial charge in [-0.15, -0.1) is 0 Å². The lowest BCUT2D eigenvalue weighted by molar-refractivity contribution is -0.150. The van der Waals surface area contributed by atoms with Crippen LogP contribution in [0.2, 0.25) is 0 Å². The summed E-state index contributed by atoms with van der Waals surface area (Å²) in [6.45, 7) is 3.19. The summed E-state index contributed by atoms with van der Waals surface area (Å²) in [4.78, 5) is 36.6. The first-order valence-corrected chi connectivity index (χ1v) is 9.75. The molecule has 2 amide bonds. The molecule has 0 spiro atoms. The second-order valence-corrected chi connectivity index (χ2v) is 7.15. The summed E-state index contributed by atoms with van der Waals surface area (Å²) >= 11 is 0. The van der Waals surface area contributed by atoms with Crippen LogP contribution in [0.5, 0.6) is 11.5 Å². The van der Waals surface area contributed by atoms with Crippen LogP contribution in [0.4, 0.5) is 10.5 Å². The van der Waals surface area contributed by atoms with Gasteiger partial charge in [0.15, 0.2) is 18.1 Å². The number of anilines is 1. The predicted octanol–water partition coefficient (Wildman–Crippen LogP) is 2.85. The van der Waals surface area contributed by atoms with Crippen molar-refractivity contribution in [3.8, 4) is 11.5 Å². The summed E-state index contributed by atoms with van der Waals surface area (Å²) in [7, 11) is 0. The van der Waals surface area contributed by atoms with Gasteiger partial charge in [0.25, 0.3) is 5.91 Å². The van der Waals surface area contributed by atoms with E-state index in [1.807, 2.05) is 30.3 Å². The lowest BCUT2D eigenvalue weighted by Gasteiger charge is -2.20. The van der Waals surface area contributed by atoms with Crippen LogP contribution in [0.3, 0.4) is 0 Å². The van der Waals surface area contributed by atoms with E-state index in [-0.39, 0.29) is 19.3 Å². The second kappa shape index (κ2) is 10.3. The zero-order valence-corrected chi connectivity index (χ0v) is 17.3. The van der Waals surface area contributed by atoms with Gasteiger partial charge in [0.05, 0.1) is 0 Å². The van der Waals surface area contributed by atoms with Gasteiger partial charge in [0, 0.05) is 11.8 Å². The van der Waals surface area contributed by atoms with Crippen molar-refractivity contribution in [1.29, 1.82) is 0 Å². The Bertz CT molecular complexity index is 931. The maximum absolute atomic E-state index is 12.4. The molecule has 3 rings (SSSR count). The molecule has 1 unspecified atom stereocenters. The highest BCUT2D eigenvalue weighted by molar-refractivity contribution is 5.93. The molecule has 9 heteroatoms. The Morgan fingerprint density at radius 3 is 2.48 bits per heavy atom. The minimum absolute atomic E-state index is 0.0739. The normalized spacial score (nSPS) is 12.7. The van der Waals surface area contributed by atoms with E-state index in [1.165, 1.54) is 0 Å². The third-order valence-electron chi connectivity index (χ3n) is 4.41. The number of carbonyl (C=O) groups excluding carboxylic acids is 3. The van der Waals surface area contributed by atoms with Crippen molar-refractivity contribution in [3.05, 3.63) is 54.1 Å². The van der Waals surface area contributed by atoms with Crippen molar-refractivity contribution < 1.29 is 33.3 Å². The van der Waals surface area contributed by atoms with Crippen molar-refractivity contribution >= 4 is 23.7 Å². The van der Waals surface area contributed by atoms with Crippen molar-refractivity contribution in [2.24, 2.45) is 5.92 Å². The molecule has 0 fully saturated rings. The van der Waals surface area contributed by atoms with E-state index in [1.54, 1.807) is 32.0 Å². The van der Waals surface area contributed by atoms with Gasteiger partial charge in [-0.05, 0) is 23.6 Å². The van der Waals surface area contributed by atoms with Crippen LogP contribution < -0.4 is 20.1 Å². The number of hydrogen-bond donors (Lipinski definition) is 2. The zero-order chi connectivity index (χ0) is 22.2. The number of benzene rings is 2. The molecule has 0 saturated heterocycles. The molecule has 2 N–H and O–H groups in total. The van der Waals surface area contributed by atoms with Gasteiger partial charge in [0.1, 0.15) is 12.6 Å². The summed E-state index contributed by atoms with van der Waals surface area (Å²) < 4.78 is 20.7. The van der Waals surface area contributed by atoms with Crippen LogP contribution in [0.1, 0.15) is 19.4 Å². The van der Waals surface area contributed by atoms with Crippen molar-refractivity contribution in [2.75, 3.05) is 18.7 Å². The van der Waals surface area contributed by atoms with Gasteiger partial charge in [-0.25, -0.2) is 9.59 Å². The molecule has 2 aromatic rings. The van der Waals surface area contributed by atoms with Crippen molar-refractivity contribution in [1.82, 2.24) is 5.32 Å². The lowest BCUT2D eigenvalue weighted by atomic mass is 10.1. The molecule has 1 atom stereocenters. The highest BCUT2D eigenvalue weighted by atomic mass is 16.7. The van der Waals surface area contributed by atoms with Crippen LogP contribution in [0.25, 0.3) is 0 Å². The van der Waals surface area contributed by atoms with E-state index in [0.29, 0.717) is 17.2 Å². The number of amides is 2. The van der Waals surface area contributed by atoms with Gasteiger partial charge in [-0.3, -0.25) is 4.79 Å². The number of ether oxygens (including phenoxy) is 4. The number of fused-ring (bicyclic) bond motifs is 1. The average molecular weight is 428 g/mol. The van der Waals surface area contributed by atoms with Crippen LogP contribution in [0, 0.1) is 5.92 Å². The minimum atomic E-state index is -0.957. The van der Waals surface area contributed by atoms with E-state index >= 15 is 0 Å². The first-order valence-electron chi connectivity index (χ1n) is 9.75. The zero-order valence-electron chi connectivity index (χ0n) is 17.3. The molecule has 31 heavy (non-hydrogen) atoms. The Morgan fingerprint density at radius 1 is 1.00 bits per heavy atom. The first-order chi connectivity index (χ1) is 14.9. The molecule has 164 valence electrons. The number of alkyl carbamates (subject to hydrolysis) is 1. The van der Waals surface area contributed by atoms with Gasteiger partial charge in [-0.2, -0.15) is 0 Å².